The third-order valence-corrected chi connectivity index (χ3v) is 2.91. The maximum atomic E-state index is 11.6. The molecule has 0 aliphatic heterocycles. The quantitative estimate of drug-likeness (QED) is 0.760. The first kappa shape index (κ1) is 18.7. The smallest absolute Gasteiger partial charge is 0.225 e. The molecule has 1 aromatic carbocycles. The first-order valence-corrected chi connectivity index (χ1v) is 6.82. The maximum absolute atomic E-state index is 11.6. The summed E-state index contributed by atoms with van der Waals surface area (Å²) in [5.74, 6) is 0.814. The molecule has 1 amide bonds. The van der Waals surface area contributed by atoms with Gasteiger partial charge in [0.25, 0.3) is 0 Å². The second kappa shape index (κ2) is 9.61. The van der Waals surface area contributed by atoms with E-state index in [9.17, 15) is 4.79 Å². The number of halogens is 1. The molecular formula is C15H25ClN2O2. The number of hydrogen-bond donors (Lipinski definition) is 2. The Labute approximate surface area is 127 Å². The molecule has 3 N–H and O–H groups in total. The average molecular weight is 301 g/mol. The van der Waals surface area contributed by atoms with E-state index < -0.39 is 0 Å². The van der Waals surface area contributed by atoms with Gasteiger partial charge in [0, 0.05) is 18.7 Å². The van der Waals surface area contributed by atoms with Crippen LogP contribution in [0.3, 0.4) is 0 Å². The van der Waals surface area contributed by atoms with Gasteiger partial charge in [0.1, 0.15) is 5.75 Å². The van der Waals surface area contributed by atoms with Crippen molar-refractivity contribution in [2.24, 2.45) is 5.73 Å². The molecule has 5 heteroatoms. The van der Waals surface area contributed by atoms with E-state index in [0.717, 1.165) is 42.0 Å². The molecule has 0 aromatic heterocycles. The minimum atomic E-state index is -0.0478. The number of unbranched alkanes of at least 4 members (excludes halogenated alkanes) is 1. The monoisotopic (exact) mass is 300 g/mol. The summed E-state index contributed by atoms with van der Waals surface area (Å²) in [4.78, 5) is 11.6. The number of hydrogen-bond acceptors (Lipinski definition) is 3. The maximum Gasteiger partial charge on any atom is 0.225 e. The van der Waals surface area contributed by atoms with Crippen LogP contribution in [0.4, 0.5) is 5.69 Å². The van der Waals surface area contributed by atoms with Crippen molar-refractivity contribution in [1.82, 2.24) is 0 Å². The fourth-order valence-corrected chi connectivity index (χ4v) is 1.87. The molecule has 0 radical (unpaired) electrons. The molecule has 20 heavy (non-hydrogen) atoms. The van der Waals surface area contributed by atoms with Crippen LogP contribution >= 0.6 is 12.4 Å². The highest BCUT2D eigenvalue weighted by Gasteiger charge is 2.09. The fourth-order valence-electron chi connectivity index (χ4n) is 1.87. The van der Waals surface area contributed by atoms with Gasteiger partial charge in [0.2, 0.25) is 5.91 Å². The molecule has 0 fully saturated rings. The number of rotatable bonds is 7. The number of carbonyl (C=O) groups is 1. The minimum absolute atomic E-state index is 0. The molecule has 4 nitrogen and oxygen atoms in total. The van der Waals surface area contributed by atoms with Gasteiger partial charge < -0.3 is 15.8 Å². The van der Waals surface area contributed by atoms with Crippen molar-refractivity contribution in [3.63, 3.8) is 0 Å². The average Bonchev–Trinajstić information content (AvgIpc) is 2.34. The lowest BCUT2D eigenvalue weighted by Gasteiger charge is -2.14. The van der Waals surface area contributed by atoms with Crippen LogP contribution in [-0.2, 0) is 4.79 Å². The Bertz CT molecular complexity index is 413. The number of nitrogens with one attached hydrogen (secondary N) is 1. The Morgan fingerprint density at radius 1 is 1.30 bits per heavy atom. The molecule has 1 rings (SSSR count). The molecule has 0 spiro atoms. The zero-order chi connectivity index (χ0) is 14.3. The lowest BCUT2D eigenvalue weighted by atomic mass is 10.1. The van der Waals surface area contributed by atoms with Gasteiger partial charge in [-0.2, -0.15) is 0 Å². The summed E-state index contributed by atoms with van der Waals surface area (Å²) in [5, 5.41) is 2.90. The van der Waals surface area contributed by atoms with Gasteiger partial charge in [-0.25, -0.2) is 0 Å². The first-order chi connectivity index (χ1) is 9.08. The van der Waals surface area contributed by atoms with Crippen molar-refractivity contribution in [3.05, 3.63) is 23.3 Å². The zero-order valence-corrected chi connectivity index (χ0v) is 13.3. The molecular weight excluding hydrogens is 276 g/mol. The van der Waals surface area contributed by atoms with Crippen LogP contribution in [0.15, 0.2) is 12.1 Å². The summed E-state index contributed by atoms with van der Waals surface area (Å²) in [5.41, 5.74) is 8.25. The van der Waals surface area contributed by atoms with E-state index in [1.54, 1.807) is 0 Å². The number of nitrogens with two attached hydrogens (primary N) is 1. The summed E-state index contributed by atoms with van der Waals surface area (Å²) in [7, 11) is 0. The highest BCUT2D eigenvalue weighted by atomic mass is 35.5. The van der Waals surface area contributed by atoms with Crippen molar-refractivity contribution in [3.8, 4) is 5.75 Å². The van der Waals surface area contributed by atoms with E-state index in [2.05, 4.69) is 12.2 Å². The molecule has 0 bridgehead atoms. The Morgan fingerprint density at radius 2 is 1.90 bits per heavy atom. The molecule has 0 saturated heterocycles. The van der Waals surface area contributed by atoms with Gasteiger partial charge in [-0.05, 0) is 43.5 Å². The highest BCUT2D eigenvalue weighted by Crippen LogP contribution is 2.26. The normalized spacial score (nSPS) is 9.80. The Kier molecular flexibility index (Phi) is 9.01. The van der Waals surface area contributed by atoms with E-state index in [1.165, 1.54) is 0 Å². The summed E-state index contributed by atoms with van der Waals surface area (Å²) >= 11 is 0. The van der Waals surface area contributed by atoms with Gasteiger partial charge in [0.05, 0.1) is 6.61 Å². The second-order valence-electron chi connectivity index (χ2n) is 4.72. The Morgan fingerprint density at radius 3 is 2.40 bits per heavy atom. The standard InChI is InChI=1S/C15H24N2O2.ClH/c1-4-5-8-19-13-9-11(2)15(12(3)10-13)17-14(18)6-7-16;/h9-10H,4-8,16H2,1-3H3,(H,17,18);1H. The van der Waals surface area contributed by atoms with E-state index >= 15 is 0 Å². The molecule has 0 atom stereocenters. The summed E-state index contributed by atoms with van der Waals surface area (Å²) in [6, 6.07) is 3.92. The van der Waals surface area contributed by atoms with Crippen molar-refractivity contribution in [2.75, 3.05) is 18.5 Å². The van der Waals surface area contributed by atoms with Crippen LogP contribution in [0.1, 0.15) is 37.3 Å². The number of benzene rings is 1. The molecule has 0 heterocycles. The third-order valence-electron chi connectivity index (χ3n) is 2.91. The number of anilines is 1. The fraction of sp³-hybridized carbons (Fsp3) is 0.533. The van der Waals surface area contributed by atoms with E-state index in [-0.39, 0.29) is 18.3 Å². The van der Waals surface area contributed by atoms with Crippen LogP contribution in [0, 0.1) is 13.8 Å². The lowest BCUT2D eigenvalue weighted by Crippen LogP contribution is -2.17. The topological polar surface area (TPSA) is 64.3 Å². The van der Waals surface area contributed by atoms with Crippen molar-refractivity contribution >= 4 is 24.0 Å². The molecule has 0 unspecified atom stereocenters. The summed E-state index contributed by atoms with van der Waals surface area (Å²) in [6.45, 7) is 7.17. The van der Waals surface area contributed by atoms with Crippen LogP contribution < -0.4 is 15.8 Å². The molecule has 1 aromatic rings. The largest absolute Gasteiger partial charge is 0.494 e. The number of ether oxygens (including phenoxy) is 1. The first-order valence-electron chi connectivity index (χ1n) is 6.82. The van der Waals surface area contributed by atoms with Crippen LogP contribution in [0.25, 0.3) is 0 Å². The second-order valence-corrected chi connectivity index (χ2v) is 4.72. The van der Waals surface area contributed by atoms with Crippen molar-refractivity contribution < 1.29 is 9.53 Å². The molecule has 0 aliphatic rings. The minimum Gasteiger partial charge on any atom is -0.494 e. The van der Waals surface area contributed by atoms with Crippen LogP contribution in [0.2, 0.25) is 0 Å². The van der Waals surface area contributed by atoms with E-state index in [4.69, 9.17) is 10.5 Å². The predicted octanol–water partition coefficient (Wildman–Crippen LogP) is 3.19. The number of aryl methyl sites for hydroxylation is 2. The van der Waals surface area contributed by atoms with Gasteiger partial charge in [-0.3, -0.25) is 4.79 Å². The zero-order valence-electron chi connectivity index (χ0n) is 12.5. The van der Waals surface area contributed by atoms with E-state index in [0.29, 0.717) is 13.0 Å². The number of carbonyl (C=O) groups excluding carboxylic acids is 1. The molecule has 0 aliphatic carbocycles. The van der Waals surface area contributed by atoms with E-state index in [1.807, 2.05) is 26.0 Å². The molecule has 114 valence electrons. The summed E-state index contributed by atoms with van der Waals surface area (Å²) < 4.78 is 5.68. The van der Waals surface area contributed by atoms with Crippen LogP contribution in [-0.4, -0.2) is 19.1 Å². The summed E-state index contributed by atoms with van der Waals surface area (Å²) in [6.07, 6.45) is 2.51. The SMILES string of the molecule is CCCCOc1cc(C)c(NC(=O)CCN)c(C)c1.Cl. The van der Waals surface area contributed by atoms with Gasteiger partial charge in [-0.1, -0.05) is 13.3 Å². The van der Waals surface area contributed by atoms with Crippen molar-refractivity contribution in [2.45, 2.75) is 40.0 Å². The Balaban J connectivity index is 0.00000361. The third kappa shape index (κ3) is 5.80. The van der Waals surface area contributed by atoms with Gasteiger partial charge in [0.15, 0.2) is 0 Å². The van der Waals surface area contributed by atoms with Gasteiger partial charge in [-0.15, -0.1) is 12.4 Å². The van der Waals surface area contributed by atoms with Gasteiger partial charge >= 0.3 is 0 Å². The number of amides is 1. The predicted molar refractivity (Wildman–Crippen MR) is 85.9 cm³/mol. The lowest BCUT2D eigenvalue weighted by molar-refractivity contribution is -0.116. The van der Waals surface area contributed by atoms with Crippen LogP contribution in [0.5, 0.6) is 5.75 Å². The highest BCUT2D eigenvalue weighted by molar-refractivity contribution is 5.92. The molecule has 0 saturated carbocycles. The Hall–Kier alpha value is -1.26. The van der Waals surface area contributed by atoms with Crippen molar-refractivity contribution in [1.29, 1.82) is 0 Å².